The highest BCUT2D eigenvalue weighted by atomic mass is 19.1. The molecule has 0 aromatic heterocycles. The summed E-state index contributed by atoms with van der Waals surface area (Å²) >= 11 is 0. The Kier molecular flexibility index (Phi) is 2.06. The van der Waals surface area contributed by atoms with Crippen molar-refractivity contribution in [1.29, 1.82) is 5.26 Å². The molecular formula is C8H4FNO2. The van der Waals surface area contributed by atoms with Crippen LogP contribution in [0.25, 0.3) is 0 Å². The molecular weight excluding hydrogens is 161 g/mol. The van der Waals surface area contributed by atoms with Gasteiger partial charge in [-0.15, -0.1) is 0 Å². The number of rotatable bonds is 1. The number of benzene rings is 1. The van der Waals surface area contributed by atoms with Gasteiger partial charge in [0.1, 0.15) is 12.4 Å². The lowest BCUT2D eigenvalue weighted by Crippen LogP contribution is -1.87. The predicted molar refractivity (Wildman–Crippen MR) is 38.2 cm³/mol. The van der Waals surface area contributed by atoms with E-state index in [1.165, 1.54) is 0 Å². The molecule has 1 N–H and O–H groups in total. The number of hydrogen-bond acceptors (Lipinski definition) is 3. The minimum absolute atomic E-state index is 0.0295. The van der Waals surface area contributed by atoms with Crippen LogP contribution in [0.4, 0.5) is 4.39 Å². The van der Waals surface area contributed by atoms with Crippen LogP contribution in [0.3, 0.4) is 0 Å². The molecule has 1 aromatic rings. The molecule has 0 aliphatic heterocycles. The van der Waals surface area contributed by atoms with Crippen molar-refractivity contribution in [1.82, 2.24) is 0 Å². The minimum atomic E-state index is -0.962. The Morgan fingerprint density at radius 3 is 2.75 bits per heavy atom. The summed E-state index contributed by atoms with van der Waals surface area (Å²) in [6, 6.07) is 3.54. The second-order valence-electron chi connectivity index (χ2n) is 2.13. The van der Waals surface area contributed by atoms with Crippen molar-refractivity contribution in [2.45, 2.75) is 0 Å². The third-order valence-corrected chi connectivity index (χ3v) is 1.34. The van der Waals surface area contributed by atoms with E-state index in [9.17, 15) is 9.18 Å². The molecule has 0 radical (unpaired) electrons. The Balaban J connectivity index is 3.41. The topological polar surface area (TPSA) is 61.1 Å². The number of aromatic hydroxyl groups is 1. The lowest BCUT2D eigenvalue weighted by atomic mass is 10.1. The maximum atomic E-state index is 12.7. The Morgan fingerprint density at radius 2 is 2.25 bits per heavy atom. The van der Waals surface area contributed by atoms with Crippen molar-refractivity contribution >= 4 is 6.29 Å². The molecule has 0 saturated carbocycles. The molecule has 0 aliphatic rings. The first-order chi connectivity index (χ1) is 5.69. The van der Waals surface area contributed by atoms with Gasteiger partial charge in [-0.3, -0.25) is 4.79 Å². The highest BCUT2D eigenvalue weighted by Crippen LogP contribution is 2.21. The zero-order chi connectivity index (χ0) is 9.14. The van der Waals surface area contributed by atoms with E-state index in [1.807, 2.05) is 0 Å². The fourth-order valence-corrected chi connectivity index (χ4v) is 0.773. The molecule has 1 aromatic carbocycles. The van der Waals surface area contributed by atoms with E-state index in [4.69, 9.17) is 10.4 Å². The molecule has 12 heavy (non-hydrogen) atoms. The second-order valence-corrected chi connectivity index (χ2v) is 2.13. The summed E-state index contributed by atoms with van der Waals surface area (Å²) in [5.41, 5.74) is -0.209. The van der Waals surface area contributed by atoms with Crippen LogP contribution in [-0.4, -0.2) is 11.4 Å². The fraction of sp³-hybridized carbons (Fsp3) is 0. The Bertz CT molecular complexity index is 368. The van der Waals surface area contributed by atoms with Crippen LogP contribution in [-0.2, 0) is 0 Å². The summed E-state index contributed by atoms with van der Waals surface area (Å²) in [6.45, 7) is 0. The molecule has 4 heteroatoms. The van der Waals surface area contributed by atoms with Gasteiger partial charge < -0.3 is 5.11 Å². The van der Waals surface area contributed by atoms with Crippen molar-refractivity contribution in [3.8, 4) is 11.8 Å². The van der Waals surface area contributed by atoms with E-state index in [2.05, 4.69) is 0 Å². The first kappa shape index (κ1) is 8.21. The van der Waals surface area contributed by atoms with Gasteiger partial charge in [-0.05, 0) is 12.1 Å². The maximum Gasteiger partial charge on any atom is 0.169 e. The van der Waals surface area contributed by atoms with Crippen molar-refractivity contribution in [3.63, 3.8) is 0 Å². The van der Waals surface area contributed by atoms with E-state index in [-0.39, 0.29) is 11.1 Å². The highest BCUT2D eigenvalue weighted by molar-refractivity contribution is 5.76. The summed E-state index contributed by atoms with van der Waals surface area (Å²) in [6.07, 6.45) is 0.406. The van der Waals surface area contributed by atoms with Crippen molar-refractivity contribution < 1.29 is 14.3 Å². The number of aldehydes is 1. The van der Waals surface area contributed by atoms with Gasteiger partial charge in [0, 0.05) is 5.56 Å². The number of nitrogens with zero attached hydrogens (tertiary/aromatic N) is 1. The van der Waals surface area contributed by atoms with Gasteiger partial charge in [0.25, 0.3) is 0 Å². The molecule has 0 aliphatic carbocycles. The molecule has 3 nitrogen and oxygen atoms in total. The van der Waals surface area contributed by atoms with E-state index in [0.29, 0.717) is 6.29 Å². The van der Waals surface area contributed by atoms with Crippen molar-refractivity contribution in [2.24, 2.45) is 0 Å². The number of hydrogen-bond donors (Lipinski definition) is 1. The minimum Gasteiger partial charge on any atom is -0.504 e. The Labute approximate surface area is 67.7 Å². The zero-order valence-corrected chi connectivity index (χ0v) is 5.91. The zero-order valence-electron chi connectivity index (χ0n) is 5.91. The van der Waals surface area contributed by atoms with E-state index >= 15 is 0 Å². The Morgan fingerprint density at radius 1 is 1.58 bits per heavy atom. The number of halogens is 1. The molecule has 0 unspecified atom stereocenters. The predicted octanol–water partition coefficient (Wildman–Crippen LogP) is 1.22. The maximum absolute atomic E-state index is 12.7. The van der Waals surface area contributed by atoms with Crippen LogP contribution in [0.1, 0.15) is 15.9 Å². The van der Waals surface area contributed by atoms with Crippen LogP contribution in [0.2, 0.25) is 0 Å². The first-order valence-corrected chi connectivity index (χ1v) is 3.07. The lowest BCUT2D eigenvalue weighted by Gasteiger charge is -1.97. The van der Waals surface area contributed by atoms with Gasteiger partial charge in [-0.1, -0.05) is 0 Å². The molecule has 0 spiro atoms. The number of phenolic OH excluding ortho intramolecular Hbond substituents is 1. The summed E-state index contributed by atoms with van der Waals surface area (Å²) < 4.78 is 12.7. The number of carbonyl (C=O) groups is 1. The van der Waals surface area contributed by atoms with Crippen LogP contribution in [0.15, 0.2) is 12.1 Å². The molecule has 0 fully saturated rings. The molecule has 60 valence electrons. The van der Waals surface area contributed by atoms with Gasteiger partial charge in [0.15, 0.2) is 11.6 Å². The van der Waals surface area contributed by atoms with Gasteiger partial charge in [0.2, 0.25) is 0 Å². The summed E-state index contributed by atoms with van der Waals surface area (Å²) in [4.78, 5) is 10.2. The SMILES string of the molecule is N#Cc1cc(C=O)cc(F)c1O. The van der Waals surface area contributed by atoms with Gasteiger partial charge in [-0.25, -0.2) is 4.39 Å². The molecule has 1 rings (SSSR count). The lowest BCUT2D eigenvalue weighted by molar-refractivity contribution is 0.112. The van der Waals surface area contributed by atoms with Crippen LogP contribution in [0.5, 0.6) is 5.75 Å². The quantitative estimate of drug-likeness (QED) is 0.636. The van der Waals surface area contributed by atoms with E-state index in [0.717, 1.165) is 12.1 Å². The summed E-state index contributed by atoms with van der Waals surface area (Å²) in [7, 11) is 0. The standard InChI is InChI=1S/C8H4FNO2/c9-7-2-5(4-11)1-6(3-10)8(7)12/h1-2,4,12H. The fourth-order valence-electron chi connectivity index (χ4n) is 0.773. The van der Waals surface area contributed by atoms with Gasteiger partial charge in [-0.2, -0.15) is 5.26 Å². The smallest absolute Gasteiger partial charge is 0.169 e. The van der Waals surface area contributed by atoms with Crippen LogP contribution < -0.4 is 0 Å². The molecule has 0 bridgehead atoms. The van der Waals surface area contributed by atoms with Crippen molar-refractivity contribution in [3.05, 3.63) is 29.1 Å². The normalized spacial score (nSPS) is 9.00. The number of phenols is 1. The number of carbonyl (C=O) groups excluding carboxylic acids is 1. The van der Waals surface area contributed by atoms with E-state index < -0.39 is 11.6 Å². The van der Waals surface area contributed by atoms with E-state index in [1.54, 1.807) is 6.07 Å². The first-order valence-electron chi connectivity index (χ1n) is 3.07. The van der Waals surface area contributed by atoms with Crippen molar-refractivity contribution in [2.75, 3.05) is 0 Å². The molecule has 0 amide bonds. The third-order valence-electron chi connectivity index (χ3n) is 1.34. The Hall–Kier alpha value is -1.89. The second kappa shape index (κ2) is 3.01. The monoisotopic (exact) mass is 165 g/mol. The largest absolute Gasteiger partial charge is 0.504 e. The van der Waals surface area contributed by atoms with Crippen LogP contribution >= 0.6 is 0 Å². The van der Waals surface area contributed by atoms with Crippen LogP contribution in [0, 0.1) is 17.1 Å². The average molecular weight is 165 g/mol. The number of nitriles is 1. The van der Waals surface area contributed by atoms with Gasteiger partial charge in [0.05, 0.1) is 5.56 Å². The average Bonchev–Trinajstić information content (AvgIpc) is 2.09. The molecule has 0 atom stereocenters. The third kappa shape index (κ3) is 1.25. The van der Waals surface area contributed by atoms with Gasteiger partial charge >= 0.3 is 0 Å². The molecule has 0 heterocycles. The highest BCUT2D eigenvalue weighted by Gasteiger charge is 2.08. The summed E-state index contributed by atoms with van der Waals surface area (Å²) in [5, 5.41) is 17.3. The molecule has 0 saturated heterocycles. The summed E-state index contributed by atoms with van der Waals surface area (Å²) in [5.74, 6) is -1.68.